The molecule has 2 nitrogen and oxygen atoms in total. The summed E-state index contributed by atoms with van der Waals surface area (Å²) in [5.41, 5.74) is 3.81. The van der Waals surface area contributed by atoms with E-state index in [1.807, 2.05) is 0 Å². The topological polar surface area (TPSA) is 18.5 Å². The van der Waals surface area contributed by atoms with Crippen LogP contribution in [0.3, 0.4) is 0 Å². The highest BCUT2D eigenvalue weighted by molar-refractivity contribution is 6.99. The number of rotatable bonds is 5. The summed E-state index contributed by atoms with van der Waals surface area (Å²) < 4.78 is 13.1. The first-order valence-electron chi connectivity index (χ1n) is 10.7. The lowest BCUT2D eigenvalue weighted by atomic mass is 9.95. The summed E-state index contributed by atoms with van der Waals surface area (Å²) in [6.45, 7) is 7.56. The Morgan fingerprint density at radius 1 is 0.767 bits per heavy atom. The molecular weight excluding hydrogens is 384 g/mol. The second-order valence-electron chi connectivity index (χ2n) is 9.28. The first-order valence-corrected chi connectivity index (χ1v) is 12.6. The second-order valence-corrected chi connectivity index (χ2v) is 13.6. The molecule has 0 aliphatic carbocycles. The predicted octanol–water partition coefficient (Wildman–Crippen LogP) is 5.45. The van der Waals surface area contributed by atoms with Gasteiger partial charge in [-0.05, 0) is 32.1 Å². The number of ether oxygens (including phenoxy) is 1. The standard InChI is InChI=1S/C27H28O2Si/c1-27(2,3)30(21-10-6-4-7-11-21,22-12-8-5-9-13-22)28-19-20-14-15-23-24(18-20)26-17-16-25(23)29-26/h4-18,25-26H,19H2,1-3H3. The van der Waals surface area contributed by atoms with Crippen LogP contribution in [-0.2, 0) is 15.8 Å². The fourth-order valence-electron chi connectivity index (χ4n) is 4.98. The summed E-state index contributed by atoms with van der Waals surface area (Å²) in [4.78, 5) is 0. The molecule has 0 radical (unpaired) electrons. The van der Waals surface area contributed by atoms with E-state index in [0.29, 0.717) is 6.61 Å². The first kappa shape index (κ1) is 19.5. The van der Waals surface area contributed by atoms with Crippen LogP contribution in [0.25, 0.3) is 0 Å². The Labute approximate surface area is 180 Å². The van der Waals surface area contributed by atoms with Gasteiger partial charge < -0.3 is 9.16 Å². The normalized spacial score (nSPS) is 19.8. The molecule has 3 aromatic rings. The van der Waals surface area contributed by atoms with E-state index in [9.17, 15) is 0 Å². The van der Waals surface area contributed by atoms with Crippen molar-refractivity contribution in [3.8, 4) is 0 Å². The van der Waals surface area contributed by atoms with Gasteiger partial charge in [0.15, 0.2) is 0 Å². The van der Waals surface area contributed by atoms with Gasteiger partial charge in [-0.2, -0.15) is 0 Å². The molecule has 2 bridgehead atoms. The van der Waals surface area contributed by atoms with Gasteiger partial charge in [-0.15, -0.1) is 0 Å². The van der Waals surface area contributed by atoms with Gasteiger partial charge in [0.25, 0.3) is 8.32 Å². The van der Waals surface area contributed by atoms with Crippen LogP contribution < -0.4 is 10.4 Å². The van der Waals surface area contributed by atoms with Crippen LogP contribution >= 0.6 is 0 Å². The minimum Gasteiger partial charge on any atom is -0.403 e. The Kier molecular flexibility index (Phi) is 4.77. The van der Waals surface area contributed by atoms with Gasteiger partial charge in [-0.3, -0.25) is 0 Å². The van der Waals surface area contributed by atoms with Crippen LogP contribution in [-0.4, -0.2) is 8.32 Å². The molecule has 3 aromatic carbocycles. The number of hydrogen-bond acceptors (Lipinski definition) is 2. The molecule has 0 fully saturated rings. The average Bonchev–Trinajstić information content (AvgIpc) is 3.37. The monoisotopic (exact) mass is 412 g/mol. The third-order valence-corrected chi connectivity index (χ3v) is 11.4. The molecule has 2 aliphatic rings. The summed E-state index contributed by atoms with van der Waals surface area (Å²) in [6.07, 6.45) is 4.57. The molecule has 0 spiro atoms. The van der Waals surface area contributed by atoms with E-state index in [-0.39, 0.29) is 17.2 Å². The van der Waals surface area contributed by atoms with Gasteiger partial charge in [-0.25, -0.2) is 0 Å². The molecule has 152 valence electrons. The lowest BCUT2D eigenvalue weighted by molar-refractivity contribution is 0.0878. The molecule has 0 saturated heterocycles. The Hall–Kier alpha value is -2.46. The van der Waals surface area contributed by atoms with Crippen LogP contribution in [0.15, 0.2) is 91.0 Å². The number of fused-ring (bicyclic) bond motifs is 5. The minimum atomic E-state index is -2.52. The van der Waals surface area contributed by atoms with Crippen molar-refractivity contribution >= 4 is 18.7 Å². The van der Waals surface area contributed by atoms with Gasteiger partial charge in [0.2, 0.25) is 0 Å². The molecule has 0 N–H and O–H groups in total. The Morgan fingerprint density at radius 3 is 1.90 bits per heavy atom. The first-order chi connectivity index (χ1) is 14.5. The summed E-state index contributed by atoms with van der Waals surface area (Å²) >= 11 is 0. The minimum absolute atomic E-state index is 0.0165. The third-order valence-electron chi connectivity index (χ3n) is 6.39. The van der Waals surface area contributed by atoms with Crippen molar-refractivity contribution in [2.45, 2.75) is 44.6 Å². The lowest BCUT2D eigenvalue weighted by Crippen LogP contribution is -2.66. The van der Waals surface area contributed by atoms with Crippen molar-refractivity contribution in [1.82, 2.24) is 0 Å². The van der Waals surface area contributed by atoms with Crippen LogP contribution in [0.4, 0.5) is 0 Å². The fourth-order valence-corrected chi connectivity index (χ4v) is 9.52. The Bertz CT molecular complexity index is 1030. The zero-order chi connectivity index (χ0) is 20.8. The van der Waals surface area contributed by atoms with Crippen LogP contribution in [0.1, 0.15) is 49.7 Å². The molecule has 3 heteroatoms. The molecule has 2 aliphatic heterocycles. The van der Waals surface area contributed by atoms with Gasteiger partial charge >= 0.3 is 0 Å². The van der Waals surface area contributed by atoms with E-state index in [2.05, 4.69) is 112 Å². The summed E-state index contributed by atoms with van der Waals surface area (Å²) in [7, 11) is -2.52. The van der Waals surface area contributed by atoms with E-state index in [1.165, 1.54) is 27.1 Å². The fraction of sp³-hybridized carbons (Fsp3) is 0.259. The van der Waals surface area contributed by atoms with E-state index in [4.69, 9.17) is 9.16 Å². The quantitative estimate of drug-likeness (QED) is 0.410. The highest BCUT2D eigenvalue weighted by Gasteiger charge is 2.50. The maximum Gasteiger partial charge on any atom is 0.261 e. The zero-order valence-corrected chi connectivity index (χ0v) is 18.8. The van der Waals surface area contributed by atoms with E-state index in [1.54, 1.807) is 0 Å². The number of hydrogen-bond donors (Lipinski definition) is 0. The van der Waals surface area contributed by atoms with E-state index >= 15 is 0 Å². The average molecular weight is 413 g/mol. The zero-order valence-electron chi connectivity index (χ0n) is 17.8. The molecule has 0 amide bonds. The molecular formula is C27H28O2Si. The van der Waals surface area contributed by atoms with Crippen molar-refractivity contribution in [2.75, 3.05) is 0 Å². The van der Waals surface area contributed by atoms with Crippen molar-refractivity contribution < 1.29 is 9.16 Å². The molecule has 2 heterocycles. The Morgan fingerprint density at radius 2 is 1.33 bits per heavy atom. The second kappa shape index (κ2) is 7.35. The highest BCUT2D eigenvalue weighted by Crippen LogP contribution is 2.46. The van der Waals surface area contributed by atoms with Gasteiger partial charge in [0.1, 0.15) is 12.2 Å². The third kappa shape index (κ3) is 3.09. The summed E-state index contributed by atoms with van der Waals surface area (Å²) in [6, 6.07) is 28.3. The molecule has 2 atom stereocenters. The van der Waals surface area contributed by atoms with Gasteiger partial charge in [0.05, 0.1) is 6.61 Å². The van der Waals surface area contributed by atoms with Gasteiger partial charge in [0, 0.05) is 0 Å². The molecule has 2 unspecified atom stereocenters. The maximum absolute atomic E-state index is 7.07. The van der Waals surface area contributed by atoms with Crippen LogP contribution in [0.2, 0.25) is 5.04 Å². The van der Waals surface area contributed by atoms with Crippen molar-refractivity contribution in [2.24, 2.45) is 0 Å². The molecule has 30 heavy (non-hydrogen) atoms. The van der Waals surface area contributed by atoms with Crippen molar-refractivity contribution in [3.05, 3.63) is 108 Å². The Balaban J connectivity index is 1.54. The predicted molar refractivity (Wildman–Crippen MR) is 125 cm³/mol. The molecule has 0 saturated carbocycles. The largest absolute Gasteiger partial charge is 0.403 e. The van der Waals surface area contributed by atoms with Gasteiger partial charge in [-0.1, -0.05) is 112 Å². The van der Waals surface area contributed by atoms with Crippen molar-refractivity contribution in [1.29, 1.82) is 0 Å². The summed E-state index contributed by atoms with van der Waals surface area (Å²) in [5, 5.41) is 2.61. The van der Waals surface area contributed by atoms with E-state index < -0.39 is 8.32 Å². The van der Waals surface area contributed by atoms with Crippen LogP contribution in [0.5, 0.6) is 0 Å². The molecule has 5 rings (SSSR count). The highest BCUT2D eigenvalue weighted by atomic mass is 28.4. The van der Waals surface area contributed by atoms with Crippen LogP contribution in [0, 0.1) is 0 Å². The smallest absolute Gasteiger partial charge is 0.261 e. The number of benzene rings is 3. The SMILES string of the molecule is CC(C)(C)[Si](OCc1ccc2c(c1)C1C=CC2O1)(c1ccccc1)c1ccccc1. The lowest BCUT2D eigenvalue weighted by Gasteiger charge is -2.43. The van der Waals surface area contributed by atoms with Crippen molar-refractivity contribution in [3.63, 3.8) is 0 Å². The summed E-state index contributed by atoms with van der Waals surface area (Å²) in [5.74, 6) is 0. The van der Waals surface area contributed by atoms with E-state index in [0.717, 1.165) is 0 Å². The molecule has 0 aromatic heterocycles. The maximum atomic E-state index is 7.07.